The standard InChI is InChI=1S/C61H42N2/c1-3-15-47(16-4-1)62-57-21-11-9-19-51(57)53-35-41(29-33-59(53)62)23-25-43-27-31-49-50-32-28-44(38-56(50)61(55(49)37-43)39-45-13-7-8-14-46(45)40-61)26-24-42-30-34-60-54(36-42)52-20-10-12-22-58(52)63(60)48-17-5-2-6-18-48/h1-38H,39-40H2/b25-23+,26-24+. The zero-order valence-electron chi connectivity index (χ0n) is 34.7. The Morgan fingerprint density at radius 1 is 0.317 bits per heavy atom. The number of para-hydroxylation sites is 4. The van der Waals surface area contributed by atoms with Crippen molar-refractivity contribution in [3.05, 3.63) is 251 Å². The van der Waals surface area contributed by atoms with Crippen molar-refractivity contribution in [2.45, 2.75) is 18.3 Å². The monoisotopic (exact) mass is 802 g/mol. The first-order valence-electron chi connectivity index (χ1n) is 22.1. The van der Waals surface area contributed by atoms with Gasteiger partial charge >= 0.3 is 0 Å². The first-order chi connectivity index (χ1) is 31.2. The molecule has 0 N–H and O–H groups in total. The SMILES string of the molecule is C(=C\c1ccc2c(c1)c1ccccc1n2-c1ccccc1)/c1ccc2c(c1)C1(Cc3ccccc3C1)c1cc(/C=C/c3ccc4c(c3)c3ccccc3n4-c3ccccc3)ccc1-2. The van der Waals surface area contributed by atoms with Gasteiger partial charge in [-0.25, -0.2) is 0 Å². The molecule has 2 heterocycles. The van der Waals surface area contributed by atoms with E-state index in [1.165, 1.54) is 111 Å². The van der Waals surface area contributed by atoms with Crippen LogP contribution < -0.4 is 0 Å². The predicted molar refractivity (Wildman–Crippen MR) is 266 cm³/mol. The summed E-state index contributed by atoms with van der Waals surface area (Å²) in [5, 5.41) is 5.08. The summed E-state index contributed by atoms with van der Waals surface area (Å²) < 4.78 is 4.75. The highest BCUT2D eigenvalue weighted by Crippen LogP contribution is 2.56. The highest BCUT2D eigenvalue weighted by molar-refractivity contribution is 6.11. The second kappa shape index (κ2) is 14.1. The van der Waals surface area contributed by atoms with Gasteiger partial charge in [-0.3, -0.25) is 0 Å². The van der Waals surface area contributed by atoms with Crippen LogP contribution in [-0.2, 0) is 18.3 Å². The fourth-order valence-corrected chi connectivity index (χ4v) is 11.0. The van der Waals surface area contributed by atoms with Gasteiger partial charge in [0.15, 0.2) is 0 Å². The molecule has 0 aliphatic heterocycles. The Kier molecular flexibility index (Phi) is 7.98. The van der Waals surface area contributed by atoms with Crippen LogP contribution in [-0.4, -0.2) is 9.13 Å². The topological polar surface area (TPSA) is 9.86 Å². The van der Waals surface area contributed by atoms with Crippen LogP contribution in [0.2, 0.25) is 0 Å². The van der Waals surface area contributed by atoms with E-state index >= 15 is 0 Å². The first-order valence-corrected chi connectivity index (χ1v) is 22.1. The Labute approximate surface area is 367 Å². The molecular formula is C61H42N2. The van der Waals surface area contributed by atoms with E-state index in [1.54, 1.807) is 0 Å². The Bertz CT molecular complexity index is 3430. The lowest BCUT2D eigenvalue weighted by atomic mass is 9.75. The van der Waals surface area contributed by atoms with Gasteiger partial charge in [0.05, 0.1) is 22.1 Å². The summed E-state index contributed by atoms with van der Waals surface area (Å²) in [5.74, 6) is 0. The molecule has 0 fully saturated rings. The molecule has 2 aromatic heterocycles. The molecule has 63 heavy (non-hydrogen) atoms. The van der Waals surface area contributed by atoms with Crippen molar-refractivity contribution >= 4 is 67.9 Å². The van der Waals surface area contributed by atoms with Crippen LogP contribution in [0.3, 0.4) is 0 Å². The fraction of sp³-hybridized carbons (Fsp3) is 0.0492. The van der Waals surface area contributed by atoms with Crippen LogP contribution in [0, 0.1) is 0 Å². The van der Waals surface area contributed by atoms with E-state index in [9.17, 15) is 0 Å². The van der Waals surface area contributed by atoms with Crippen LogP contribution in [0.15, 0.2) is 206 Å². The van der Waals surface area contributed by atoms with Gasteiger partial charge in [0, 0.05) is 38.3 Å². The molecule has 0 saturated heterocycles. The maximum absolute atomic E-state index is 2.48. The average Bonchev–Trinajstić information content (AvgIpc) is 4.07. The van der Waals surface area contributed by atoms with E-state index in [0.717, 1.165) is 12.8 Å². The summed E-state index contributed by atoms with van der Waals surface area (Å²) in [7, 11) is 0. The van der Waals surface area contributed by atoms with Gasteiger partial charge < -0.3 is 9.13 Å². The molecule has 296 valence electrons. The van der Waals surface area contributed by atoms with Gasteiger partial charge in [0.2, 0.25) is 0 Å². The van der Waals surface area contributed by atoms with Gasteiger partial charge in [0.25, 0.3) is 0 Å². The van der Waals surface area contributed by atoms with Gasteiger partial charge in [-0.2, -0.15) is 0 Å². The van der Waals surface area contributed by atoms with E-state index in [4.69, 9.17) is 0 Å². The number of hydrogen-bond acceptors (Lipinski definition) is 0. The highest BCUT2D eigenvalue weighted by Gasteiger charge is 2.47. The van der Waals surface area contributed by atoms with Crippen LogP contribution in [0.4, 0.5) is 0 Å². The van der Waals surface area contributed by atoms with Crippen molar-refractivity contribution in [2.24, 2.45) is 0 Å². The first kappa shape index (κ1) is 35.8. The third-order valence-corrected chi connectivity index (χ3v) is 13.9. The second-order valence-electron chi connectivity index (χ2n) is 17.4. The van der Waals surface area contributed by atoms with Gasteiger partial charge in [-0.05, 0) is 129 Å². The van der Waals surface area contributed by atoms with Crippen molar-refractivity contribution in [1.29, 1.82) is 0 Å². The quantitative estimate of drug-likeness (QED) is 0.148. The number of rotatable bonds is 6. The molecule has 0 unspecified atom stereocenters. The zero-order chi connectivity index (χ0) is 41.5. The minimum atomic E-state index is -0.113. The Morgan fingerprint density at radius 2 is 0.683 bits per heavy atom. The van der Waals surface area contributed by atoms with Crippen molar-refractivity contribution < 1.29 is 0 Å². The van der Waals surface area contributed by atoms with Gasteiger partial charge in [-0.1, -0.05) is 170 Å². The van der Waals surface area contributed by atoms with Crippen LogP contribution in [0.25, 0.3) is 90.4 Å². The number of benzene rings is 9. The minimum Gasteiger partial charge on any atom is -0.309 e. The minimum absolute atomic E-state index is 0.113. The van der Waals surface area contributed by atoms with Crippen molar-refractivity contribution in [2.75, 3.05) is 0 Å². The molecule has 9 aromatic carbocycles. The number of nitrogens with zero attached hydrogens (tertiary/aromatic N) is 2. The van der Waals surface area contributed by atoms with Crippen molar-refractivity contribution in [1.82, 2.24) is 9.13 Å². The molecule has 11 aromatic rings. The Balaban J connectivity index is 0.857. The molecule has 0 saturated carbocycles. The normalized spacial score (nSPS) is 13.9. The molecule has 2 aliphatic rings. The molecule has 0 radical (unpaired) electrons. The van der Waals surface area contributed by atoms with E-state index in [1.807, 2.05) is 0 Å². The zero-order valence-corrected chi connectivity index (χ0v) is 34.7. The van der Waals surface area contributed by atoms with E-state index in [0.29, 0.717) is 0 Å². The van der Waals surface area contributed by atoms with Crippen LogP contribution in [0.5, 0.6) is 0 Å². The number of fused-ring (bicyclic) bond motifs is 12. The lowest BCUT2D eigenvalue weighted by molar-refractivity contribution is 0.563. The molecule has 2 nitrogen and oxygen atoms in total. The maximum atomic E-state index is 2.48. The summed E-state index contributed by atoms with van der Waals surface area (Å²) in [4.78, 5) is 0. The second-order valence-corrected chi connectivity index (χ2v) is 17.4. The third-order valence-electron chi connectivity index (χ3n) is 13.9. The molecule has 0 amide bonds. The third kappa shape index (κ3) is 5.65. The Morgan fingerprint density at radius 3 is 1.14 bits per heavy atom. The molecule has 2 heteroatoms. The lowest BCUT2D eigenvalue weighted by Gasteiger charge is -2.27. The number of hydrogen-bond donors (Lipinski definition) is 0. The van der Waals surface area contributed by atoms with E-state index < -0.39 is 0 Å². The maximum Gasteiger partial charge on any atom is 0.0541 e. The Hall–Kier alpha value is -7.94. The number of aromatic nitrogens is 2. The summed E-state index contributed by atoms with van der Waals surface area (Å²) in [6.07, 6.45) is 11.2. The molecule has 2 aliphatic carbocycles. The molecule has 1 spiro atoms. The van der Waals surface area contributed by atoms with E-state index in [2.05, 4.69) is 240 Å². The van der Waals surface area contributed by atoms with Crippen LogP contribution in [0.1, 0.15) is 44.5 Å². The summed E-state index contributed by atoms with van der Waals surface area (Å²) >= 11 is 0. The highest BCUT2D eigenvalue weighted by atomic mass is 15.0. The summed E-state index contributed by atoms with van der Waals surface area (Å²) in [6, 6.07) is 76.0. The van der Waals surface area contributed by atoms with E-state index in [-0.39, 0.29) is 5.41 Å². The predicted octanol–water partition coefficient (Wildman–Crippen LogP) is 15.3. The largest absolute Gasteiger partial charge is 0.309 e. The van der Waals surface area contributed by atoms with Crippen molar-refractivity contribution in [3.8, 4) is 22.5 Å². The molecule has 0 bridgehead atoms. The molecular weight excluding hydrogens is 761 g/mol. The molecule has 0 atom stereocenters. The molecule has 13 rings (SSSR count). The van der Waals surface area contributed by atoms with Crippen molar-refractivity contribution in [3.63, 3.8) is 0 Å². The summed E-state index contributed by atoms with van der Waals surface area (Å²) in [6.45, 7) is 0. The van der Waals surface area contributed by atoms with Gasteiger partial charge in [0.1, 0.15) is 0 Å². The summed E-state index contributed by atoms with van der Waals surface area (Å²) in [5.41, 5.74) is 20.5. The fourth-order valence-electron chi connectivity index (χ4n) is 11.0. The lowest BCUT2D eigenvalue weighted by Crippen LogP contribution is -2.26. The average molecular weight is 803 g/mol. The van der Waals surface area contributed by atoms with Crippen LogP contribution >= 0.6 is 0 Å². The van der Waals surface area contributed by atoms with Gasteiger partial charge in [-0.15, -0.1) is 0 Å². The smallest absolute Gasteiger partial charge is 0.0541 e.